The molecule has 0 fully saturated rings. The molecule has 0 bridgehead atoms. The Labute approximate surface area is 77.9 Å². The van der Waals surface area contributed by atoms with E-state index in [-0.39, 0.29) is 0 Å². The van der Waals surface area contributed by atoms with Crippen LogP contribution in [0, 0.1) is 17.8 Å². The van der Waals surface area contributed by atoms with E-state index in [0.717, 1.165) is 17.8 Å². The Morgan fingerprint density at radius 1 is 1.08 bits per heavy atom. The van der Waals surface area contributed by atoms with E-state index in [2.05, 4.69) is 47.0 Å². The van der Waals surface area contributed by atoms with Crippen molar-refractivity contribution in [3.8, 4) is 0 Å². The van der Waals surface area contributed by atoms with Crippen LogP contribution in [0.15, 0.2) is 0 Å². The highest BCUT2D eigenvalue weighted by Gasteiger charge is 2.22. The van der Waals surface area contributed by atoms with Gasteiger partial charge in [0.25, 0.3) is 0 Å². The highest BCUT2D eigenvalue weighted by molar-refractivity contribution is 4.78. The third-order valence-electron chi connectivity index (χ3n) is 3.21. The zero-order valence-corrected chi connectivity index (χ0v) is 9.52. The molecule has 0 heterocycles. The maximum Gasteiger partial charge on any atom is 0.0118 e. The van der Waals surface area contributed by atoms with Gasteiger partial charge in [-0.05, 0) is 24.8 Å². The first-order valence-corrected chi connectivity index (χ1v) is 5.21. The summed E-state index contributed by atoms with van der Waals surface area (Å²) in [5, 5.41) is 3.43. The summed E-state index contributed by atoms with van der Waals surface area (Å²) in [5.74, 6) is 2.33. The van der Waals surface area contributed by atoms with Gasteiger partial charge in [0.2, 0.25) is 0 Å². The summed E-state index contributed by atoms with van der Waals surface area (Å²) in [6.07, 6.45) is 1.27. The molecule has 3 unspecified atom stereocenters. The van der Waals surface area contributed by atoms with Gasteiger partial charge >= 0.3 is 0 Å². The first-order chi connectivity index (χ1) is 5.54. The van der Waals surface area contributed by atoms with E-state index >= 15 is 0 Å². The second-order valence-corrected chi connectivity index (χ2v) is 4.30. The van der Waals surface area contributed by atoms with E-state index in [1.54, 1.807) is 0 Å². The Hall–Kier alpha value is -0.0400. The Kier molecular flexibility index (Phi) is 5.56. The lowest BCUT2D eigenvalue weighted by Gasteiger charge is -2.31. The summed E-state index contributed by atoms with van der Waals surface area (Å²) in [5.41, 5.74) is 0. The fourth-order valence-electron chi connectivity index (χ4n) is 1.73. The molecule has 1 N–H and O–H groups in total. The smallest absolute Gasteiger partial charge is 0.0118 e. The van der Waals surface area contributed by atoms with E-state index in [4.69, 9.17) is 0 Å². The minimum atomic E-state index is 0.676. The average molecular weight is 171 g/mol. The highest BCUT2D eigenvalue weighted by Crippen LogP contribution is 2.21. The monoisotopic (exact) mass is 171 g/mol. The van der Waals surface area contributed by atoms with Gasteiger partial charge in [-0.15, -0.1) is 0 Å². The quantitative estimate of drug-likeness (QED) is 0.670. The lowest BCUT2D eigenvalue weighted by Crippen LogP contribution is -2.39. The molecule has 0 saturated carbocycles. The number of hydrogen-bond acceptors (Lipinski definition) is 1. The minimum absolute atomic E-state index is 0.676. The summed E-state index contributed by atoms with van der Waals surface area (Å²) in [6, 6.07) is 0.676. The van der Waals surface area contributed by atoms with Crippen molar-refractivity contribution in [2.45, 2.75) is 47.1 Å². The molecule has 0 amide bonds. The summed E-state index contributed by atoms with van der Waals surface area (Å²) < 4.78 is 0. The first kappa shape index (κ1) is 12.0. The normalized spacial score (nSPS) is 19.2. The standard InChI is InChI=1S/C11H25N/c1-7-9(4)11(12-6)10(5)8(2)3/h8-12H,7H2,1-6H3. The van der Waals surface area contributed by atoms with E-state index in [1.807, 2.05) is 0 Å². The van der Waals surface area contributed by atoms with Gasteiger partial charge in [0.1, 0.15) is 0 Å². The molecule has 74 valence electrons. The van der Waals surface area contributed by atoms with Gasteiger partial charge in [0, 0.05) is 6.04 Å². The largest absolute Gasteiger partial charge is 0.316 e. The molecule has 12 heavy (non-hydrogen) atoms. The molecule has 0 aromatic heterocycles. The minimum Gasteiger partial charge on any atom is -0.316 e. The Bertz CT molecular complexity index is 110. The van der Waals surface area contributed by atoms with Crippen molar-refractivity contribution in [1.82, 2.24) is 5.32 Å². The van der Waals surface area contributed by atoms with Crippen LogP contribution in [-0.4, -0.2) is 13.1 Å². The Morgan fingerprint density at radius 2 is 1.58 bits per heavy atom. The van der Waals surface area contributed by atoms with E-state index in [1.165, 1.54) is 6.42 Å². The maximum atomic E-state index is 3.43. The summed E-state index contributed by atoms with van der Waals surface area (Å²) in [4.78, 5) is 0. The number of hydrogen-bond donors (Lipinski definition) is 1. The predicted octanol–water partition coefficient (Wildman–Crippen LogP) is 2.91. The van der Waals surface area contributed by atoms with Crippen LogP contribution < -0.4 is 5.32 Å². The zero-order valence-electron chi connectivity index (χ0n) is 9.52. The fourth-order valence-corrected chi connectivity index (χ4v) is 1.73. The van der Waals surface area contributed by atoms with Crippen molar-refractivity contribution in [2.24, 2.45) is 17.8 Å². The van der Waals surface area contributed by atoms with Gasteiger partial charge in [0.15, 0.2) is 0 Å². The van der Waals surface area contributed by atoms with Gasteiger partial charge in [-0.1, -0.05) is 41.0 Å². The van der Waals surface area contributed by atoms with Crippen molar-refractivity contribution in [1.29, 1.82) is 0 Å². The van der Waals surface area contributed by atoms with Gasteiger partial charge in [-0.25, -0.2) is 0 Å². The third-order valence-corrected chi connectivity index (χ3v) is 3.21. The molecular formula is C11H25N. The van der Waals surface area contributed by atoms with Crippen LogP contribution in [-0.2, 0) is 0 Å². The summed E-state index contributed by atoms with van der Waals surface area (Å²) >= 11 is 0. The van der Waals surface area contributed by atoms with Gasteiger partial charge in [0.05, 0.1) is 0 Å². The molecule has 0 rings (SSSR count). The second kappa shape index (κ2) is 5.58. The molecule has 3 atom stereocenters. The zero-order chi connectivity index (χ0) is 9.72. The molecule has 0 aliphatic carbocycles. The first-order valence-electron chi connectivity index (χ1n) is 5.21. The van der Waals surface area contributed by atoms with E-state index in [9.17, 15) is 0 Å². The van der Waals surface area contributed by atoms with Gasteiger partial charge in [-0.3, -0.25) is 0 Å². The molecule has 0 aliphatic rings. The number of rotatable bonds is 5. The van der Waals surface area contributed by atoms with E-state index in [0.29, 0.717) is 6.04 Å². The topological polar surface area (TPSA) is 12.0 Å². The predicted molar refractivity (Wildman–Crippen MR) is 56.3 cm³/mol. The van der Waals surface area contributed by atoms with Crippen molar-refractivity contribution >= 4 is 0 Å². The van der Waals surface area contributed by atoms with Crippen LogP contribution in [0.4, 0.5) is 0 Å². The van der Waals surface area contributed by atoms with E-state index < -0.39 is 0 Å². The van der Waals surface area contributed by atoms with Crippen molar-refractivity contribution in [3.05, 3.63) is 0 Å². The van der Waals surface area contributed by atoms with Crippen LogP contribution in [0.2, 0.25) is 0 Å². The van der Waals surface area contributed by atoms with Gasteiger partial charge < -0.3 is 5.32 Å². The highest BCUT2D eigenvalue weighted by atomic mass is 14.9. The Balaban J connectivity index is 4.13. The summed E-state index contributed by atoms with van der Waals surface area (Å²) in [6.45, 7) is 11.6. The summed E-state index contributed by atoms with van der Waals surface area (Å²) in [7, 11) is 2.08. The maximum absolute atomic E-state index is 3.43. The molecule has 1 nitrogen and oxygen atoms in total. The molecule has 1 heteroatoms. The molecular weight excluding hydrogens is 146 g/mol. The number of nitrogens with one attached hydrogen (secondary N) is 1. The lowest BCUT2D eigenvalue weighted by molar-refractivity contribution is 0.240. The average Bonchev–Trinajstić information content (AvgIpc) is 2.05. The van der Waals surface area contributed by atoms with Crippen molar-refractivity contribution in [2.75, 3.05) is 7.05 Å². The fraction of sp³-hybridized carbons (Fsp3) is 1.00. The molecule has 0 aromatic rings. The van der Waals surface area contributed by atoms with Crippen LogP contribution in [0.3, 0.4) is 0 Å². The van der Waals surface area contributed by atoms with Crippen molar-refractivity contribution < 1.29 is 0 Å². The molecule has 0 aliphatic heterocycles. The lowest BCUT2D eigenvalue weighted by atomic mass is 9.82. The molecule has 0 radical (unpaired) electrons. The van der Waals surface area contributed by atoms with Crippen LogP contribution in [0.5, 0.6) is 0 Å². The van der Waals surface area contributed by atoms with Crippen molar-refractivity contribution in [3.63, 3.8) is 0 Å². The SMILES string of the molecule is CCC(C)C(NC)C(C)C(C)C. The van der Waals surface area contributed by atoms with Crippen LogP contribution in [0.1, 0.15) is 41.0 Å². The van der Waals surface area contributed by atoms with Crippen LogP contribution >= 0.6 is 0 Å². The Morgan fingerprint density at radius 3 is 1.83 bits per heavy atom. The molecule has 0 saturated heterocycles. The second-order valence-electron chi connectivity index (χ2n) is 4.30. The third kappa shape index (κ3) is 3.14. The van der Waals surface area contributed by atoms with Crippen LogP contribution in [0.25, 0.3) is 0 Å². The molecule has 0 spiro atoms. The molecule has 0 aromatic carbocycles. The van der Waals surface area contributed by atoms with Gasteiger partial charge in [-0.2, -0.15) is 0 Å².